The zero-order valence-electron chi connectivity index (χ0n) is 31.2. The highest BCUT2D eigenvalue weighted by atomic mass is 19.1. The van der Waals surface area contributed by atoms with Crippen LogP contribution in [0.2, 0.25) is 0 Å². The zero-order chi connectivity index (χ0) is 38.8. The number of nitrogens with zero attached hydrogens (tertiary/aromatic N) is 1. The third-order valence-electron chi connectivity index (χ3n) is 9.58. The summed E-state index contributed by atoms with van der Waals surface area (Å²) in [5, 5.41) is 0. The molecule has 4 aromatic rings. The number of hydrogen-bond donors (Lipinski definition) is 0. The van der Waals surface area contributed by atoms with Crippen molar-refractivity contribution in [3.63, 3.8) is 0 Å². The van der Waals surface area contributed by atoms with Crippen LogP contribution in [-0.4, -0.2) is 37.0 Å². The Kier molecular flexibility index (Phi) is 13.5. The van der Waals surface area contributed by atoms with Crippen LogP contribution in [0.4, 0.5) is 10.1 Å². The number of halogens is 1. The largest absolute Gasteiger partial charge is 0.461 e. The van der Waals surface area contributed by atoms with Gasteiger partial charge in [0.1, 0.15) is 24.3 Å². The molecule has 0 saturated carbocycles. The van der Waals surface area contributed by atoms with Gasteiger partial charge in [0.15, 0.2) is 0 Å². The average Bonchev–Trinajstić information content (AvgIpc) is 3.15. The van der Waals surface area contributed by atoms with Crippen molar-refractivity contribution in [1.82, 2.24) is 0 Å². The van der Waals surface area contributed by atoms with Crippen LogP contribution in [0.15, 0.2) is 109 Å². The van der Waals surface area contributed by atoms with E-state index in [-0.39, 0.29) is 30.6 Å². The number of carbonyl (C=O) groups is 4. The first kappa shape index (κ1) is 39.6. The Bertz CT molecular complexity index is 1930. The van der Waals surface area contributed by atoms with Gasteiger partial charge in [-0.3, -0.25) is 19.2 Å². The van der Waals surface area contributed by atoms with Crippen molar-refractivity contribution in [2.75, 3.05) is 12.0 Å². The molecule has 54 heavy (non-hydrogen) atoms. The van der Waals surface area contributed by atoms with Crippen molar-refractivity contribution in [3.05, 3.63) is 137 Å². The van der Waals surface area contributed by atoms with Crippen molar-refractivity contribution in [2.45, 2.75) is 71.8 Å². The fourth-order valence-corrected chi connectivity index (χ4v) is 6.76. The van der Waals surface area contributed by atoms with Gasteiger partial charge in [0, 0.05) is 26.6 Å². The van der Waals surface area contributed by atoms with E-state index < -0.39 is 35.7 Å². The van der Waals surface area contributed by atoms with E-state index in [0.29, 0.717) is 36.3 Å². The average molecular weight is 736 g/mol. The molecule has 0 bridgehead atoms. The molecule has 1 amide bonds. The number of carbonyl (C=O) groups excluding carboxylic acids is 4. The number of methoxy groups -OCH3 is 1. The maximum atomic E-state index is 13.8. The molecule has 4 aromatic carbocycles. The van der Waals surface area contributed by atoms with Gasteiger partial charge >= 0.3 is 17.9 Å². The topological polar surface area (TPSA) is 108 Å². The van der Waals surface area contributed by atoms with Crippen LogP contribution in [0, 0.1) is 17.7 Å². The maximum absolute atomic E-state index is 13.8. The Morgan fingerprint density at radius 2 is 1.52 bits per heavy atom. The lowest BCUT2D eigenvalue weighted by atomic mass is 9.78. The van der Waals surface area contributed by atoms with Gasteiger partial charge in [-0.05, 0) is 91.8 Å². The standard InChI is InChI=1S/C44H46FNO8/c1-28(26-40(29(2)51-5)44(50)52-27-33-9-7-6-8-10-33)25-32-11-13-35(14-12-32)42-39(23-24-41(54-31(4)48)34-15-17-36(45)18-16-34)43(49)46(42)37-19-21-38(22-20-37)53-30(3)47/h6-22,25,29,39-42H,23-24,26-27H2,1-5H3. The number of esters is 3. The summed E-state index contributed by atoms with van der Waals surface area (Å²) in [5.74, 6) is -2.30. The van der Waals surface area contributed by atoms with Gasteiger partial charge in [0.25, 0.3) is 0 Å². The number of rotatable bonds is 16. The SMILES string of the molecule is COC(C)C(CC(C)=Cc1ccc(C2C(CCC(OC(C)=O)c3ccc(F)cc3)C(=O)N2c2ccc(OC(C)=O)cc2)cc1)C(=O)OCc1ccccc1. The number of allylic oxidation sites excluding steroid dienone is 1. The lowest BCUT2D eigenvalue weighted by Gasteiger charge is -2.48. The highest BCUT2D eigenvalue weighted by Gasteiger charge is 2.48. The molecule has 5 rings (SSSR count). The van der Waals surface area contributed by atoms with E-state index in [1.165, 1.54) is 26.0 Å². The molecule has 0 aromatic heterocycles. The van der Waals surface area contributed by atoms with Crippen LogP contribution in [-0.2, 0) is 40.0 Å². The first-order valence-electron chi connectivity index (χ1n) is 18.0. The van der Waals surface area contributed by atoms with Crippen molar-refractivity contribution in [3.8, 4) is 5.75 Å². The second-order valence-corrected chi connectivity index (χ2v) is 13.6. The smallest absolute Gasteiger partial charge is 0.312 e. The summed E-state index contributed by atoms with van der Waals surface area (Å²) < 4.78 is 35.7. The number of hydrogen-bond acceptors (Lipinski definition) is 8. The van der Waals surface area contributed by atoms with Crippen molar-refractivity contribution in [1.29, 1.82) is 0 Å². The fraction of sp³-hybridized carbons (Fsp3) is 0.318. The summed E-state index contributed by atoms with van der Waals surface area (Å²) in [4.78, 5) is 52.2. The fourth-order valence-electron chi connectivity index (χ4n) is 6.76. The second-order valence-electron chi connectivity index (χ2n) is 13.6. The van der Waals surface area contributed by atoms with Crippen LogP contribution in [0.1, 0.15) is 81.4 Å². The van der Waals surface area contributed by atoms with Gasteiger partial charge in [0.05, 0.1) is 24.0 Å². The highest BCUT2D eigenvalue weighted by Crippen LogP contribution is 2.47. The molecule has 0 aliphatic carbocycles. The highest BCUT2D eigenvalue weighted by molar-refractivity contribution is 6.03. The Hall–Kier alpha value is -5.61. The quantitative estimate of drug-likeness (QED) is 0.0639. The van der Waals surface area contributed by atoms with Crippen molar-refractivity contribution >= 4 is 35.6 Å². The van der Waals surface area contributed by atoms with E-state index in [0.717, 1.165) is 22.3 Å². The Balaban J connectivity index is 1.35. The Morgan fingerprint density at radius 3 is 2.13 bits per heavy atom. The summed E-state index contributed by atoms with van der Waals surface area (Å²) in [5.41, 5.74) is 4.99. The minimum absolute atomic E-state index is 0.0989. The molecule has 1 aliphatic rings. The summed E-state index contributed by atoms with van der Waals surface area (Å²) in [6, 6.07) is 29.7. The molecule has 0 N–H and O–H groups in total. The van der Waals surface area contributed by atoms with E-state index in [1.54, 1.807) is 48.4 Å². The molecule has 5 unspecified atom stereocenters. The zero-order valence-corrected chi connectivity index (χ0v) is 31.2. The van der Waals surface area contributed by atoms with E-state index in [4.69, 9.17) is 18.9 Å². The predicted molar refractivity (Wildman–Crippen MR) is 203 cm³/mol. The molecule has 0 radical (unpaired) electrons. The third-order valence-corrected chi connectivity index (χ3v) is 9.58. The lowest BCUT2D eigenvalue weighted by Crippen LogP contribution is -2.55. The van der Waals surface area contributed by atoms with Crippen LogP contribution < -0.4 is 9.64 Å². The predicted octanol–water partition coefficient (Wildman–Crippen LogP) is 8.73. The van der Waals surface area contributed by atoms with Gasteiger partial charge in [-0.25, -0.2) is 4.39 Å². The number of amides is 1. The normalized spacial score (nSPS) is 17.2. The van der Waals surface area contributed by atoms with Gasteiger partial charge in [-0.2, -0.15) is 0 Å². The van der Waals surface area contributed by atoms with E-state index in [2.05, 4.69) is 0 Å². The first-order chi connectivity index (χ1) is 25.9. The lowest BCUT2D eigenvalue weighted by molar-refractivity contribution is -0.154. The molecule has 9 nitrogen and oxygen atoms in total. The van der Waals surface area contributed by atoms with Gasteiger partial charge < -0.3 is 23.8 Å². The molecular formula is C44H46FNO8. The second kappa shape index (κ2) is 18.4. The van der Waals surface area contributed by atoms with E-state index in [1.807, 2.05) is 74.5 Å². The minimum Gasteiger partial charge on any atom is -0.461 e. The molecule has 1 heterocycles. The van der Waals surface area contributed by atoms with Crippen molar-refractivity contribution < 1.29 is 42.5 Å². The monoisotopic (exact) mass is 735 g/mol. The molecule has 282 valence electrons. The summed E-state index contributed by atoms with van der Waals surface area (Å²) in [6.45, 7) is 6.66. The van der Waals surface area contributed by atoms with Gasteiger partial charge in [-0.15, -0.1) is 0 Å². The molecule has 1 aliphatic heterocycles. The van der Waals surface area contributed by atoms with Crippen molar-refractivity contribution in [2.24, 2.45) is 11.8 Å². The van der Waals surface area contributed by atoms with Gasteiger partial charge in [-0.1, -0.05) is 78.4 Å². The summed E-state index contributed by atoms with van der Waals surface area (Å²) in [6.07, 6.45) is 2.21. The molecule has 1 fully saturated rings. The molecule has 10 heteroatoms. The first-order valence-corrected chi connectivity index (χ1v) is 18.0. The molecule has 1 saturated heterocycles. The van der Waals surface area contributed by atoms with Crippen LogP contribution in [0.25, 0.3) is 6.08 Å². The summed E-state index contributed by atoms with van der Waals surface area (Å²) in [7, 11) is 1.58. The van der Waals surface area contributed by atoms with Crippen LogP contribution in [0.3, 0.4) is 0 Å². The molecular weight excluding hydrogens is 689 g/mol. The number of β-lactam (4-membered cyclic amide) rings is 1. The van der Waals surface area contributed by atoms with E-state index >= 15 is 0 Å². The third kappa shape index (κ3) is 10.3. The Morgan fingerprint density at radius 1 is 0.852 bits per heavy atom. The number of ether oxygens (including phenoxy) is 4. The number of anilines is 1. The minimum atomic E-state index is -0.649. The van der Waals surface area contributed by atoms with Crippen LogP contribution >= 0.6 is 0 Å². The molecule has 0 spiro atoms. The maximum Gasteiger partial charge on any atom is 0.312 e. The van der Waals surface area contributed by atoms with Gasteiger partial charge in [0.2, 0.25) is 5.91 Å². The Labute approximate surface area is 315 Å². The van der Waals surface area contributed by atoms with Crippen LogP contribution in [0.5, 0.6) is 5.75 Å². The van der Waals surface area contributed by atoms with E-state index in [9.17, 15) is 23.6 Å². The number of benzene rings is 4. The summed E-state index contributed by atoms with van der Waals surface area (Å²) >= 11 is 0. The molecule has 5 atom stereocenters.